The van der Waals surface area contributed by atoms with E-state index >= 15 is 0 Å². The predicted octanol–water partition coefficient (Wildman–Crippen LogP) is -0.251. The van der Waals surface area contributed by atoms with Crippen LogP contribution in [0.15, 0.2) is 12.4 Å². The van der Waals surface area contributed by atoms with E-state index in [2.05, 4.69) is 10.4 Å². The first kappa shape index (κ1) is 16.0. The van der Waals surface area contributed by atoms with E-state index in [4.69, 9.17) is 0 Å². The summed E-state index contributed by atoms with van der Waals surface area (Å²) in [6, 6.07) is -1.53. The fraction of sp³-hybridized carbons (Fsp3) is 0.583. The molecule has 0 aromatic carbocycles. The fourth-order valence-corrected chi connectivity index (χ4v) is 1.56. The van der Waals surface area contributed by atoms with Crippen molar-refractivity contribution in [3.05, 3.63) is 18.0 Å². The van der Waals surface area contributed by atoms with Crippen LogP contribution in [0.5, 0.6) is 0 Å². The molecule has 1 aromatic heterocycles. The number of urea groups is 1. The summed E-state index contributed by atoms with van der Waals surface area (Å²) < 4.78 is 1.49. The summed E-state index contributed by atoms with van der Waals surface area (Å²) in [5.74, 6) is -1.12. The van der Waals surface area contributed by atoms with Gasteiger partial charge in [-0.25, -0.2) is 9.59 Å². The van der Waals surface area contributed by atoms with Crippen LogP contribution < -0.4 is 5.32 Å². The molecular formula is C12H21N5O3. The number of nitrogens with zero attached hydrogens (tertiary/aromatic N) is 4. The zero-order valence-corrected chi connectivity index (χ0v) is 12.2. The molecule has 1 rings (SSSR count). The van der Waals surface area contributed by atoms with Gasteiger partial charge in [0.1, 0.15) is 0 Å². The lowest BCUT2D eigenvalue weighted by Crippen LogP contribution is -2.43. The van der Waals surface area contributed by atoms with Crippen LogP contribution in [0.3, 0.4) is 0 Å². The first-order valence-corrected chi connectivity index (χ1v) is 6.19. The van der Waals surface area contributed by atoms with Gasteiger partial charge in [-0.2, -0.15) is 5.10 Å². The molecule has 0 aliphatic rings. The Morgan fingerprint density at radius 2 is 2.05 bits per heavy atom. The molecule has 8 nitrogen and oxygen atoms in total. The third kappa shape index (κ3) is 4.54. The van der Waals surface area contributed by atoms with Gasteiger partial charge >= 0.3 is 12.0 Å². The van der Waals surface area contributed by atoms with Crippen molar-refractivity contribution in [1.29, 1.82) is 0 Å². The van der Waals surface area contributed by atoms with Crippen LogP contribution in [0.4, 0.5) is 4.79 Å². The summed E-state index contributed by atoms with van der Waals surface area (Å²) in [5, 5.41) is 15.6. The number of hydrogen-bond donors (Lipinski definition) is 2. The van der Waals surface area contributed by atoms with Crippen LogP contribution in [-0.2, 0) is 11.8 Å². The highest BCUT2D eigenvalue weighted by molar-refractivity contribution is 5.83. The summed E-state index contributed by atoms with van der Waals surface area (Å²) >= 11 is 0. The average Bonchev–Trinajstić information content (AvgIpc) is 2.78. The minimum atomic E-state index is -1.12. The van der Waals surface area contributed by atoms with Crippen LogP contribution in [0, 0.1) is 0 Å². The topological polar surface area (TPSA) is 90.7 Å². The molecule has 20 heavy (non-hydrogen) atoms. The number of rotatable bonds is 6. The lowest BCUT2D eigenvalue weighted by molar-refractivity contribution is -0.139. The van der Waals surface area contributed by atoms with Crippen LogP contribution in [0.2, 0.25) is 0 Å². The lowest BCUT2D eigenvalue weighted by atomic mass is 10.1. The van der Waals surface area contributed by atoms with E-state index in [-0.39, 0.29) is 0 Å². The van der Waals surface area contributed by atoms with Crippen molar-refractivity contribution >= 4 is 12.0 Å². The Kier molecular flexibility index (Phi) is 5.51. The molecule has 1 unspecified atom stereocenters. The monoisotopic (exact) mass is 283 g/mol. The number of nitrogens with one attached hydrogen (secondary N) is 1. The Labute approximate surface area is 118 Å². The number of carboxylic acid groups (broad SMARTS) is 1. The Balaban J connectivity index is 2.66. The quantitative estimate of drug-likeness (QED) is 0.751. The molecule has 0 aliphatic carbocycles. The average molecular weight is 283 g/mol. The smallest absolute Gasteiger partial charge is 0.331 e. The minimum Gasteiger partial charge on any atom is -0.479 e. The second-order valence-electron chi connectivity index (χ2n) is 4.89. The van der Waals surface area contributed by atoms with E-state index < -0.39 is 18.0 Å². The van der Waals surface area contributed by atoms with Gasteiger partial charge in [0.25, 0.3) is 0 Å². The van der Waals surface area contributed by atoms with Gasteiger partial charge in [-0.15, -0.1) is 0 Å². The first-order valence-electron chi connectivity index (χ1n) is 6.19. The van der Waals surface area contributed by atoms with Crippen LogP contribution >= 0.6 is 0 Å². The third-order valence-electron chi connectivity index (χ3n) is 2.80. The molecule has 1 heterocycles. The predicted molar refractivity (Wildman–Crippen MR) is 73.3 cm³/mol. The van der Waals surface area contributed by atoms with Crippen LogP contribution in [-0.4, -0.2) is 70.9 Å². The normalized spacial score (nSPS) is 12.2. The molecule has 1 aromatic rings. The van der Waals surface area contributed by atoms with E-state index in [0.717, 1.165) is 0 Å². The van der Waals surface area contributed by atoms with Gasteiger partial charge in [-0.05, 0) is 14.1 Å². The summed E-state index contributed by atoms with van der Waals surface area (Å²) in [4.78, 5) is 26.6. The second kappa shape index (κ2) is 6.90. The van der Waals surface area contributed by atoms with Gasteiger partial charge in [0.2, 0.25) is 0 Å². The lowest BCUT2D eigenvalue weighted by Gasteiger charge is -2.22. The minimum absolute atomic E-state index is 0.428. The Morgan fingerprint density at radius 1 is 1.40 bits per heavy atom. The van der Waals surface area contributed by atoms with Crippen molar-refractivity contribution in [2.75, 3.05) is 34.2 Å². The van der Waals surface area contributed by atoms with Gasteiger partial charge in [0, 0.05) is 38.9 Å². The molecule has 0 aliphatic heterocycles. The number of aryl methyl sites for hydroxylation is 1. The second-order valence-corrected chi connectivity index (χ2v) is 4.89. The maximum Gasteiger partial charge on any atom is 0.331 e. The standard InChI is InChI=1S/C12H21N5O3/c1-15(2)5-6-16(3)12(20)14-10(11(18)19)9-7-13-17(4)8-9/h7-8,10H,5-6H2,1-4H3,(H,14,20)(H,18,19). The molecule has 0 bridgehead atoms. The largest absolute Gasteiger partial charge is 0.479 e. The zero-order valence-electron chi connectivity index (χ0n) is 12.2. The van der Waals surface area contributed by atoms with Crippen LogP contribution in [0.1, 0.15) is 11.6 Å². The van der Waals surface area contributed by atoms with Gasteiger partial charge in [0.05, 0.1) is 6.20 Å². The van der Waals surface area contributed by atoms with E-state index in [1.165, 1.54) is 15.8 Å². The Bertz CT molecular complexity index is 471. The molecule has 2 N–H and O–H groups in total. The third-order valence-corrected chi connectivity index (χ3v) is 2.80. The number of aliphatic carboxylic acids is 1. The SMILES string of the molecule is CN(C)CCN(C)C(=O)NC(C(=O)O)c1cnn(C)c1. The molecule has 0 saturated carbocycles. The number of carbonyl (C=O) groups excluding carboxylic acids is 1. The maximum absolute atomic E-state index is 12.0. The zero-order chi connectivity index (χ0) is 15.3. The Morgan fingerprint density at radius 3 is 2.50 bits per heavy atom. The van der Waals surface area contributed by atoms with Crippen molar-refractivity contribution in [2.24, 2.45) is 7.05 Å². The van der Waals surface area contributed by atoms with Crippen molar-refractivity contribution in [2.45, 2.75) is 6.04 Å². The van der Waals surface area contributed by atoms with Crippen molar-refractivity contribution in [3.8, 4) is 0 Å². The summed E-state index contributed by atoms with van der Waals surface area (Å²) in [6.45, 7) is 1.22. The molecule has 0 saturated heterocycles. The molecular weight excluding hydrogens is 262 g/mol. The van der Waals surface area contributed by atoms with Crippen molar-refractivity contribution < 1.29 is 14.7 Å². The van der Waals surface area contributed by atoms with Gasteiger partial charge in [-0.3, -0.25) is 4.68 Å². The molecule has 2 amide bonds. The molecule has 8 heteroatoms. The van der Waals surface area contributed by atoms with Crippen molar-refractivity contribution in [1.82, 2.24) is 24.9 Å². The highest BCUT2D eigenvalue weighted by Crippen LogP contribution is 2.12. The van der Waals surface area contributed by atoms with E-state index in [1.807, 2.05) is 19.0 Å². The summed E-state index contributed by atoms with van der Waals surface area (Å²) in [5.41, 5.74) is 0.439. The molecule has 112 valence electrons. The molecule has 0 radical (unpaired) electrons. The number of hydrogen-bond acceptors (Lipinski definition) is 4. The fourth-order valence-electron chi connectivity index (χ4n) is 1.56. The maximum atomic E-state index is 12.0. The number of carbonyl (C=O) groups is 2. The molecule has 0 spiro atoms. The van der Waals surface area contributed by atoms with Crippen molar-refractivity contribution in [3.63, 3.8) is 0 Å². The number of amides is 2. The van der Waals surface area contributed by atoms with Gasteiger partial charge < -0.3 is 20.2 Å². The van der Waals surface area contributed by atoms with E-state index in [0.29, 0.717) is 18.7 Å². The molecule has 1 atom stereocenters. The number of likely N-dealkylation sites (N-methyl/N-ethyl adjacent to an activating group) is 2. The number of carboxylic acids is 1. The summed E-state index contributed by atoms with van der Waals surface area (Å²) in [6.07, 6.45) is 3.00. The highest BCUT2D eigenvalue weighted by Gasteiger charge is 2.24. The summed E-state index contributed by atoms with van der Waals surface area (Å²) in [7, 11) is 7.12. The van der Waals surface area contributed by atoms with E-state index in [1.54, 1.807) is 20.3 Å². The highest BCUT2D eigenvalue weighted by atomic mass is 16.4. The number of aromatic nitrogens is 2. The van der Waals surface area contributed by atoms with Crippen LogP contribution in [0.25, 0.3) is 0 Å². The van der Waals surface area contributed by atoms with Gasteiger partial charge in [-0.1, -0.05) is 0 Å². The Hall–Kier alpha value is -2.09. The first-order chi connectivity index (χ1) is 9.31. The van der Waals surface area contributed by atoms with E-state index in [9.17, 15) is 14.7 Å². The van der Waals surface area contributed by atoms with Gasteiger partial charge in [0.15, 0.2) is 6.04 Å². The molecule has 0 fully saturated rings.